The van der Waals surface area contributed by atoms with Crippen molar-refractivity contribution >= 4 is 29.8 Å². The van der Waals surface area contributed by atoms with Crippen molar-refractivity contribution in [2.75, 3.05) is 12.4 Å². The summed E-state index contributed by atoms with van der Waals surface area (Å²) in [6, 6.07) is 6.67. The van der Waals surface area contributed by atoms with Gasteiger partial charge in [-0.25, -0.2) is 4.39 Å². The van der Waals surface area contributed by atoms with Gasteiger partial charge in [-0.15, -0.1) is 12.4 Å². The van der Waals surface area contributed by atoms with Crippen molar-refractivity contribution in [3.05, 3.63) is 58.9 Å². The Balaban J connectivity index is 0.00000420. The highest BCUT2D eigenvalue weighted by Gasteiger charge is 2.31. The number of benzene rings is 2. The fourth-order valence-corrected chi connectivity index (χ4v) is 2.48. The molecule has 158 valence electrons. The molecule has 0 unspecified atom stereocenters. The number of nitrogens with one attached hydrogen (secondary N) is 1. The Morgan fingerprint density at radius 2 is 1.79 bits per heavy atom. The molecule has 0 aliphatic rings. The van der Waals surface area contributed by atoms with E-state index < -0.39 is 29.2 Å². The average molecular weight is 435 g/mol. The topological polar surface area (TPSA) is 81.4 Å². The first-order chi connectivity index (χ1) is 13.1. The third-order valence-corrected chi connectivity index (χ3v) is 3.89. The Morgan fingerprint density at radius 3 is 2.34 bits per heavy atom. The lowest BCUT2D eigenvalue weighted by Gasteiger charge is -2.12. The summed E-state index contributed by atoms with van der Waals surface area (Å²) in [5.41, 5.74) is 4.66. The molecule has 0 aromatic heterocycles. The van der Waals surface area contributed by atoms with Gasteiger partial charge in [-0.2, -0.15) is 13.2 Å². The van der Waals surface area contributed by atoms with Crippen LogP contribution in [0.15, 0.2) is 36.4 Å². The third-order valence-electron chi connectivity index (χ3n) is 3.89. The van der Waals surface area contributed by atoms with Gasteiger partial charge in [-0.05, 0) is 42.0 Å². The number of ketones is 1. The largest absolute Gasteiger partial charge is 0.494 e. The lowest BCUT2D eigenvalue weighted by atomic mass is 10.1. The summed E-state index contributed by atoms with van der Waals surface area (Å²) in [5.74, 6) is -1.86. The minimum absolute atomic E-state index is 0. The van der Waals surface area contributed by atoms with Crippen LogP contribution in [0, 0.1) is 5.82 Å². The Hall–Kier alpha value is -2.65. The number of methoxy groups -OCH3 is 1. The van der Waals surface area contributed by atoms with Gasteiger partial charge in [0.1, 0.15) is 0 Å². The molecule has 0 aliphatic heterocycles. The van der Waals surface area contributed by atoms with Gasteiger partial charge < -0.3 is 15.8 Å². The normalized spacial score (nSPS) is 10.8. The highest BCUT2D eigenvalue weighted by Crippen LogP contribution is 2.32. The van der Waals surface area contributed by atoms with E-state index in [1.165, 1.54) is 25.3 Å². The van der Waals surface area contributed by atoms with Gasteiger partial charge in [0.05, 0.1) is 12.7 Å². The van der Waals surface area contributed by atoms with Gasteiger partial charge in [0.2, 0.25) is 5.91 Å². The monoisotopic (exact) mass is 434 g/mol. The predicted molar refractivity (Wildman–Crippen MR) is 102 cm³/mol. The second kappa shape index (κ2) is 10.2. The van der Waals surface area contributed by atoms with E-state index >= 15 is 0 Å². The number of alkyl halides is 3. The molecule has 0 spiro atoms. The zero-order valence-corrected chi connectivity index (χ0v) is 16.1. The maximum absolute atomic E-state index is 13.6. The van der Waals surface area contributed by atoms with Crippen molar-refractivity contribution < 1.29 is 31.9 Å². The van der Waals surface area contributed by atoms with Gasteiger partial charge >= 0.3 is 6.18 Å². The number of halogens is 5. The van der Waals surface area contributed by atoms with Gasteiger partial charge in [-0.3, -0.25) is 9.59 Å². The minimum Gasteiger partial charge on any atom is -0.494 e. The molecule has 0 saturated carbocycles. The summed E-state index contributed by atoms with van der Waals surface area (Å²) in [5, 5.41) is 2.32. The number of rotatable bonds is 7. The molecule has 0 heterocycles. The zero-order chi connectivity index (χ0) is 20.9. The van der Waals surface area contributed by atoms with Gasteiger partial charge in [0, 0.05) is 30.6 Å². The molecular formula is C19H19ClF4N2O3. The third kappa shape index (κ3) is 6.72. The Morgan fingerprint density at radius 1 is 1.10 bits per heavy atom. The first kappa shape index (κ1) is 24.4. The number of carbonyl (C=O) groups is 2. The number of anilines is 1. The Bertz CT molecular complexity index is 888. The molecular weight excluding hydrogens is 416 g/mol. The number of nitrogens with two attached hydrogens (primary N) is 1. The van der Waals surface area contributed by atoms with Crippen molar-refractivity contribution in [3.8, 4) is 5.75 Å². The SMILES string of the molecule is COc1ccc(C(=O)CCC(=O)Nc2cc(CN)cc(C(F)(F)F)c2)cc1F.Cl. The van der Waals surface area contributed by atoms with E-state index in [0.717, 1.165) is 18.2 Å². The molecule has 2 rings (SSSR count). The minimum atomic E-state index is -4.58. The van der Waals surface area contributed by atoms with E-state index in [2.05, 4.69) is 5.32 Å². The molecule has 0 atom stereocenters. The van der Waals surface area contributed by atoms with Gasteiger partial charge in [0.25, 0.3) is 0 Å². The maximum atomic E-state index is 13.6. The summed E-state index contributed by atoms with van der Waals surface area (Å²) in [6.07, 6.45) is -5.10. The van der Waals surface area contributed by atoms with E-state index in [0.29, 0.717) is 0 Å². The highest BCUT2D eigenvalue weighted by atomic mass is 35.5. The molecule has 3 N–H and O–H groups in total. The quantitative estimate of drug-likeness (QED) is 0.502. The summed E-state index contributed by atoms with van der Waals surface area (Å²) in [4.78, 5) is 24.1. The molecule has 1 amide bonds. The molecule has 0 fully saturated rings. The Labute approximate surface area is 170 Å². The number of Topliss-reactive ketones (excluding diaryl/α,β-unsaturated/α-hetero) is 1. The number of amides is 1. The van der Waals surface area contributed by atoms with Crippen LogP contribution in [0.3, 0.4) is 0 Å². The van der Waals surface area contributed by atoms with Crippen LogP contribution in [0.4, 0.5) is 23.2 Å². The first-order valence-electron chi connectivity index (χ1n) is 8.22. The van der Waals surface area contributed by atoms with Crippen LogP contribution in [-0.2, 0) is 17.5 Å². The molecule has 0 aliphatic carbocycles. The van der Waals surface area contributed by atoms with Gasteiger partial charge in [-0.1, -0.05) is 0 Å². The number of ether oxygens (including phenoxy) is 1. The van der Waals surface area contributed by atoms with E-state index in [1.54, 1.807) is 0 Å². The standard InChI is InChI=1S/C19H18F4N2O3.ClH/c1-28-17-4-2-12(8-15(17)20)16(26)3-5-18(27)25-14-7-11(10-24)6-13(9-14)19(21,22)23;/h2,4,6-9H,3,5,10,24H2,1H3,(H,25,27);1H. The average Bonchev–Trinajstić information content (AvgIpc) is 2.65. The predicted octanol–water partition coefficient (Wildman–Crippen LogP) is 4.34. The van der Waals surface area contributed by atoms with E-state index in [4.69, 9.17) is 10.5 Å². The van der Waals surface area contributed by atoms with E-state index in [9.17, 15) is 27.2 Å². The van der Waals surface area contributed by atoms with Crippen LogP contribution in [0.25, 0.3) is 0 Å². The smallest absolute Gasteiger partial charge is 0.416 e. The van der Waals surface area contributed by atoms with Crippen molar-refractivity contribution in [3.63, 3.8) is 0 Å². The molecule has 2 aromatic rings. The van der Waals surface area contributed by atoms with Crippen LogP contribution in [0.2, 0.25) is 0 Å². The second-order valence-electron chi connectivity index (χ2n) is 5.94. The summed E-state index contributed by atoms with van der Waals surface area (Å²) < 4.78 is 57.1. The van der Waals surface area contributed by atoms with Crippen molar-refractivity contribution in [1.82, 2.24) is 0 Å². The molecule has 0 radical (unpaired) electrons. The molecule has 5 nitrogen and oxygen atoms in total. The zero-order valence-electron chi connectivity index (χ0n) is 15.3. The van der Waals surface area contributed by atoms with Crippen LogP contribution >= 0.6 is 12.4 Å². The number of hydrogen-bond acceptors (Lipinski definition) is 4. The lowest BCUT2D eigenvalue weighted by Crippen LogP contribution is -2.15. The molecule has 2 aromatic carbocycles. The molecule has 10 heteroatoms. The highest BCUT2D eigenvalue weighted by molar-refractivity contribution is 6.00. The summed E-state index contributed by atoms with van der Waals surface area (Å²) in [6.45, 7) is -0.131. The Kier molecular flexibility index (Phi) is 8.59. The summed E-state index contributed by atoms with van der Waals surface area (Å²) in [7, 11) is 1.29. The fourth-order valence-electron chi connectivity index (χ4n) is 2.48. The van der Waals surface area contributed by atoms with Crippen molar-refractivity contribution in [2.45, 2.75) is 25.6 Å². The number of carbonyl (C=O) groups excluding carboxylic acids is 2. The fraction of sp³-hybridized carbons (Fsp3) is 0.263. The van der Waals surface area contributed by atoms with Crippen molar-refractivity contribution in [2.24, 2.45) is 5.73 Å². The van der Waals surface area contributed by atoms with Gasteiger partial charge in [0.15, 0.2) is 17.3 Å². The van der Waals surface area contributed by atoms with Crippen molar-refractivity contribution in [1.29, 1.82) is 0 Å². The first-order valence-corrected chi connectivity index (χ1v) is 8.22. The summed E-state index contributed by atoms with van der Waals surface area (Å²) >= 11 is 0. The number of hydrogen-bond donors (Lipinski definition) is 2. The van der Waals surface area contributed by atoms with Crippen LogP contribution < -0.4 is 15.8 Å². The molecule has 0 saturated heterocycles. The van der Waals surface area contributed by atoms with Crippen LogP contribution in [0.5, 0.6) is 5.75 Å². The van der Waals surface area contributed by atoms with Crippen LogP contribution in [0.1, 0.15) is 34.3 Å². The lowest BCUT2D eigenvalue weighted by molar-refractivity contribution is -0.137. The van der Waals surface area contributed by atoms with E-state index in [-0.39, 0.29) is 54.4 Å². The molecule has 29 heavy (non-hydrogen) atoms. The second-order valence-corrected chi connectivity index (χ2v) is 5.94. The van der Waals surface area contributed by atoms with E-state index in [1.807, 2.05) is 0 Å². The van der Waals surface area contributed by atoms with Crippen LogP contribution in [-0.4, -0.2) is 18.8 Å². The molecule has 0 bridgehead atoms. The maximum Gasteiger partial charge on any atom is 0.416 e.